The van der Waals surface area contributed by atoms with Gasteiger partial charge in [-0.25, -0.2) is 4.52 Å². The van der Waals surface area contributed by atoms with E-state index in [0.29, 0.717) is 24.2 Å². The third kappa shape index (κ3) is 2.74. The van der Waals surface area contributed by atoms with Crippen LogP contribution < -0.4 is 5.32 Å². The van der Waals surface area contributed by atoms with Gasteiger partial charge < -0.3 is 14.8 Å². The smallest absolute Gasteiger partial charge is 0.255 e. The zero-order valence-corrected chi connectivity index (χ0v) is 11.9. The van der Waals surface area contributed by atoms with E-state index in [4.69, 9.17) is 9.47 Å². The highest BCUT2D eigenvalue weighted by atomic mass is 16.5. The number of ether oxygens (including phenoxy) is 2. The molecule has 1 atom stereocenters. The predicted octanol–water partition coefficient (Wildman–Crippen LogP) is 0.655. The first kappa shape index (κ1) is 14.0. The van der Waals surface area contributed by atoms with Gasteiger partial charge in [-0.15, -0.1) is 0 Å². The van der Waals surface area contributed by atoms with Crippen LogP contribution >= 0.6 is 0 Å². The maximum atomic E-state index is 12.3. The van der Waals surface area contributed by atoms with Gasteiger partial charge in [0.1, 0.15) is 5.60 Å². The van der Waals surface area contributed by atoms with E-state index >= 15 is 0 Å². The summed E-state index contributed by atoms with van der Waals surface area (Å²) in [4.78, 5) is 16.4. The summed E-state index contributed by atoms with van der Waals surface area (Å²) >= 11 is 0. The van der Waals surface area contributed by atoms with Crippen molar-refractivity contribution in [3.8, 4) is 0 Å². The summed E-state index contributed by atoms with van der Waals surface area (Å²) in [5, 5.41) is 7.05. The molecule has 7 nitrogen and oxygen atoms in total. The molecule has 1 fully saturated rings. The number of carbonyl (C=O) groups excluding carboxylic acids is 1. The van der Waals surface area contributed by atoms with Crippen molar-refractivity contribution in [2.75, 3.05) is 26.9 Å². The highest BCUT2D eigenvalue weighted by Crippen LogP contribution is 2.22. The molecule has 2 aromatic heterocycles. The summed E-state index contributed by atoms with van der Waals surface area (Å²) in [6.45, 7) is 1.67. The van der Waals surface area contributed by atoms with Crippen LogP contribution in [0.4, 0.5) is 0 Å². The molecular weight excluding hydrogens is 272 g/mol. The van der Waals surface area contributed by atoms with Gasteiger partial charge in [-0.2, -0.15) is 5.10 Å². The Morgan fingerprint density at radius 3 is 3.24 bits per heavy atom. The molecule has 1 aliphatic heterocycles. The fraction of sp³-hybridized carbons (Fsp3) is 0.500. The Balaban J connectivity index is 1.71. The zero-order chi connectivity index (χ0) is 14.7. The van der Waals surface area contributed by atoms with E-state index in [2.05, 4.69) is 15.4 Å². The number of hydrogen-bond acceptors (Lipinski definition) is 5. The minimum atomic E-state index is -0.435. The first-order valence-corrected chi connectivity index (χ1v) is 6.93. The first-order chi connectivity index (χ1) is 10.2. The lowest BCUT2D eigenvalue weighted by atomic mass is 9.96. The molecule has 0 aliphatic carbocycles. The molecule has 0 aromatic carbocycles. The van der Waals surface area contributed by atoms with Crippen molar-refractivity contribution in [2.45, 2.75) is 18.4 Å². The van der Waals surface area contributed by atoms with Crippen LogP contribution in [-0.4, -0.2) is 53.0 Å². The Labute approximate surface area is 122 Å². The standard InChI is InChI=1S/C14H18N4O3/c1-20-14(3-2-6-21-10-14)9-16-13(19)11-7-17-18-5-4-15-8-12(11)18/h4-5,7-8H,2-3,6,9-10H2,1H3,(H,16,19). The van der Waals surface area contributed by atoms with Gasteiger partial charge in [0, 0.05) is 32.7 Å². The highest BCUT2D eigenvalue weighted by molar-refractivity contribution is 6.00. The van der Waals surface area contributed by atoms with Crippen LogP contribution in [0.15, 0.2) is 24.8 Å². The second kappa shape index (κ2) is 5.79. The zero-order valence-electron chi connectivity index (χ0n) is 11.9. The minimum absolute atomic E-state index is 0.181. The third-order valence-corrected chi connectivity index (χ3v) is 3.86. The average Bonchev–Trinajstić information content (AvgIpc) is 2.98. The summed E-state index contributed by atoms with van der Waals surface area (Å²) < 4.78 is 12.7. The number of amides is 1. The Bertz CT molecular complexity index is 634. The summed E-state index contributed by atoms with van der Waals surface area (Å²) in [6.07, 6.45) is 8.31. The lowest BCUT2D eigenvalue weighted by Gasteiger charge is -2.35. The lowest BCUT2D eigenvalue weighted by molar-refractivity contribution is -0.106. The fourth-order valence-corrected chi connectivity index (χ4v) is 2.55. The minimum Gasteiger partial charge on any atom is -0.378 e. The number of nitrogens with one attached hydrogen (secondary N) is 1. The van der Waals surface area contributed by atoms with Crippen molar-refractivity contribution in [1.29, 1.82) is 0 Å². The number of nitrogens with zero attached hydrogens (tertiary/aromatic N) is 3. The molecule has 1 amide bonds. The lowest BCUT2D eigenvalue weighted by Crippen LogP contribution is -2.50. The maximum Gasteiger partial charge on any atom is 0.255 e. The molecule has 0 spiro atoms. The van der Waals surface area contributed by atoms with Gasteiger partial charge >= 0.3 is 0 Å². The molecule has 1 unspecified atom stereocenters. The summed E-state index contributed by atoms with van der Waals surface area (Å²) in [5.41, 5.74) is 0.752. The van der Waals surface area contributed by atoms with Crippen LogP contribution in [0.3, 0.4) is 0 Å². The third-order valence-electron chi connectivity index (χ3n) is 3.86. The second-order valence-electron chi connectivity index (χ2n) is 5.19. The van der Waals surface area contributed by atoms with Gasteiger partial charge in [0.15, 0.2) is 0 Å². The highest BCUT2D eigenvalue weighted by Gasteiger charge is 2.33. The largest absolute Gasteiger partial charge is 0.378 e. The van der Waals surface area contributed by atoms with E-state index < -0.39 is 5.60 Å². The number of carbonyl (C=O) groups is 1. The normalized spacial score (nSPS) is 22.3. The summed E-state index contributed by atoms with van der Waals surface area (Å²) in [7, 11) is 1.65. The Kier molecular flexibility index (Phi) is 3.85. The molecule has 1 saturated heterocycles. The molecule has 1 aliphatic rings. The van der Waals surface area contributed by atoms with Crippen LogP contribution in [0.2, 0.25) is 0 Å². The molecule has 0 saturated carbocycles. The van der Waals surface area contributed by atoms with Crippen LogP contribution in [0.1, 0.15) is 23.2 Å². The molecule has 3 heterocycles. The van der Waals surface area contributed by atoms with Crippen LogP contribution in [0.5, 0.6) is 0 Å². The van der Waals surface area contributed by atoms with Gasteiger partial charge in [0.05, 0.1) is 30.1 Å². The van der Waals surface area contributed by atoms with Crippen molar-refractivity contribution >= 4 is 11.4 Å². The number of fused-ring (bicyclic) bond motifs is 1. The van der Waals surface area contributed by atoms with Gasteiger partial charge in [-0.3, -0.25) is 9.78 Å². The molecule has 7 heteroatoms. The molecular formula is C14H18N4O3. The predicted molar refractivity (Wildman–Crippen MR) is 75.1 cm³/mol. The van der Waals surface area contributed by atoms with Gasteiger partial charge in [0.2, 0.25) is 0 Å². The van der Waals surface area contributed by atoms with E-state index in [9.17, 15) is 4.79 Å². The summed E-state index contributed by atoms with van der Waals surface area (Å²) in [6, 6.07) is 0. The molecule has 1 N–H and O–H groups in total. The van der Waals surface area contributed by atoms with Crippen LogP contribution in [-0.2, 0) is 9.47 Å². The van der Waals surface area contributed by atoms with E-state index in [1.807, 2.05) is 0 Å². The van der Waals surface area contributed by atoms with Gasteiger partial charge in [-0.05, 0) is 12.8 Å². The molecule has 112 valence electrons. The van der Waals surface area contributed by atoms with Crippen LogP contribution in [0, 0.1) is 0 Å². The van der Waals surface area contributed by atoms with E-state index in [0.717, 1.165) is 19.4 Å². The van der Waals surface area contributed by atoms with Crippen LogP contribution in [0.25, 0.3) is 5.52 Å². The Morgan fingerprint density at radius 2 is 2.48 bits per heavy atom. The van der Waals surface area contributed by atoms with Crippen molar-refractivity contribution < 1.29 is 14.3 Å². The van der Waals surface area contributed by atoms with Gasteiger partial charge in [0.25, 0.3) is 5.91 Å². The number of methoxy groups -OCH3 is 1. The molecule has 2 aromatic rings. The Morgan fingerprint density at radius 1 is 1.57 bits per heavy atom. The molecule has 3 rings (SSSR count). The Hall–Kier alpha value is -1.99. The monoisotopic (exact) mass is 290 g/mol. The van der Waals surface area contributed by atoms with Crippen molar-refractivity contribution in [3.05, 3.63) is 30.4 Å². The van der Waals surface area contributed by atoms with Crippen molar-refractivity contribution in [2.24, 2.45) is 0 Å². The molecule has 0 bridgehead atoms. The van der Waals surface area contributed by atoms with Crippen molar-refractivity contribution in [1.82, 2.24) is 19.9 Å². The number of hydrogen-bond donors (Lipinski definition) is 1. The summed E-state index contributed by atoms with van der Waals surface area (Å²) in [5.74, 6) is -0.181. The first-order valence-electron chi connectivity index (χ1n) is 6.93. The maximum absolute atomic E-state index is 12.3. The topological polar surface area (TPSA) is 77.8 Å². The van der Waals surface area contributed by atoms with E-state index in [1.54, 1.807) is 36.4 Å². The fourth-order valence-electron chi connectivity index (χ4n) is 2.55. The molecule has 21 heavy (non-hydrogen) atoms. The average molecular weight is 290 g/mol. The van der Waals surface area contributed by atoms with Gasteiger partial charge in [-0.1, -0.05) is 0 Å². The SMILES string of the molecule is COC1(CNC(=O)c2cnn3ccncc23)CCCOC1. The van der Waals surface area contributed by atoms with E-state index in [1.165, 1.54) is 0 Å². The quantitative estimate of drug-likeness (QED) is 0.895. The van der Waals surface area contributed by atoms with Crippen molar-refractivity contribution in [3.63, 3.8) is 0 Å². The second-order valence-corrected chi connectivity index (χ2v) is 5.19. The van der Waals surface area contributed by atoms with E-state index in [-0.39, 0.29) is 5.91 Å². The number of rotatable bonds is 4. The molecule has 0 radical (unpaired) electrons. The number of aromatic nitrogens is 3.